The predicted octanol–water partition coefficient (Wildman–Crippen LogP) is 2.41. The molecule has 5 nitrogen and oxygen atoms in total. The fraction of sp³-hybridized carbons (Fsp3) is 0.231. The summed E-state index contributed by atoms with van der Waals surface area (Å²) in [5, 5.41) is 0.854. The van der Waals surface area contributed by atoms with Gasteiger partial charge in [0.15, 0.2) is 0 Å². The van der Waals surface area contributed by atoms with Crippen LogP contribution >= 0.6 is 10.9 Å². The molecular weight excluding hydrogens is 258 g/mol. The number of nitrogens with zero attached hydrogens (tertiary/aromatic N) is 5. The molecule has 4 heterocycles. The van der Waals surface area contributed by atoms with Crippen molar-refractivity contribution >= 4 is 33.5 Å². The topological polar surface area (TPSA) is 43.6 Å². The third-order valence-corrected chi connectivity index (χ3v) is 5.17. The van der Waals surface area contributed by atoms with Crippen molar-refractivity contribution in [1.82, 2.24) is 8.61 Å². The number of guanidine groups is 1. The molecule has 0 aromatic heterocycles. The van der Waals surface area contributed by atoms with Crippen LogP contribution in [0.1, 0.15) is 20.8 Å². The molecule has 0 fully saturated rings. The summed E-state index contributed by atoms with van der Waals surface area (Å²) in [7, 11) is -0.292. The minimum absolute atomic E-state index is 0.292. The molecule has 1 atom stereocenters. The van der Waals surface area contributed by atoms with Gasteiger partial charge in [0.05, 0.1) is 10.9 Å². The lowest BCUT2D eigenvalue weighted by Gasteiger charge is -2.31. The van der Waals surface area contributed by atoms with E-state index < -0.39 is 0 Å². The lowest BCUT2D eigenvalue weighted by Crippen LogP contribution is -2.31. The largest absolute Gasteiger partial charge is 0.261 e. The van der Waals surface area contributed by atoms with Gasteiger partial charge in [-0.2, -0.15) is 4.99 Å². The van der Waals surface area contributed by atoms with Crippen LogP contribution in [0, 0.1) is 0 Å². The molecule has 4 aliphatic heterocycles. The maximum Gasteiger partial charge on any atom is 0.243 e. The van der Waals surface area contributed by atoms with Crippen molar-refractivity contribution in [3.63, 3.8) is 0 Å². The van der Waals surface area contributed by atoms with Crippen LogP contribution in [-0.2, 0) is 0 Å². The Kier molecular flexibility index (Phi) is 2.04. The average Bonchev–Trinajstić information content (AvgIpc) is 2.82. The van der Waals surface area contributed by atoms with E-state index in [1.54, 1.807) is 0 Å². The Morgan fingerprint density at radius 1 is 1.05 bits per heavy atom. The molecule has 0 spiro atoms. The predicted molar refractivity (Wildman–Crippen MR) is 80.9 cm³/mol. The van der Waals surface area contributed by atoms with Crippen molar-refractivity contribution < 1.29 is 0 Å². The first-order chi connectivity index (χ1) is 9.13. The lowest BCUT2D eigenvalue weighted by atomic mass is 10.2. The quantitative estimate of drug-likeness (QED) is 0.635. The Hall–Kier alpha value is -1.95. The molecule has 0 aromatic rings. The monoisotopic (exact) mass is 271 g/mol. The maximum absolute atomic E-state index is 4.62. The van der Waals surface area contributed by atoms with Gasteiger partial charge in [-0.3, -0.25) is 4.31 Å². The minimum Gasteiger partial charge on any atom is -0.261 e. The molecule has 96 valence electrons. The van der Waals surface area contributed by atoms with Gasteiger partial charge in [-0.05, 0) is 44.6 Å². The summed E-state index contributed by atoms with van der Waals surface area (Å²) in [5.41, 5.74) is 3.37. The van der Waals surface area contributed by atoms with Gasteiger partial charge in [-0.1, -0.05) is 0 Å². The number of hydrogen-bond acceptors (Lipinski definition) is 5. The van der Waals surface area contributed by atoms with E-state index >= 15 is 0 Å². The van der Waals surface area contributed by atoms with E-state index in [4.69, 9.17) is 0 Å². The summed E-state index contributed by atoms with van der Waals surface area (Å²) in [6, 6.07) is 0. The zero-order valence-electron chi connectivity index (χ0n) is 11.0. The molecule has 0 bridgehead atoms. The molecule has 4 aliphatic rings. The normalized spacial score (nSPS) is 27.2. The molecule has 0 aromatic carbocycles. The number of rotatable bonds is 0. The molecule has 0 N–H and O–H groups in total. The highest BCUT2D eigenvalue weighted by Crippen LogP contribution is 2.43. The van der Waals surface area contributed by atoms with E-state index in [0.717, 1.165) is 22.6 Å². The SMILES string of the molecule is CC1=CC2=NC3=S(N2C=C1)N1C(C)=CC(C)=NC1=N3. The average molecular weight is 271 g/mol. The van der Waals surface area contributed by atoms with Gasteiger partial charge >= 0.3 is 0 Å². The fourth-order valence-electron chi connectivity index (χ4n) is 2.39. The smallest absolute Gasteiger partial charge is 0.243 e. The van der Waals surface area contributed by atoms with Crippen LogP contribution in [0.15, 0.2) is 50.7 Å². The second-order valence-electron chi connectivity index (χ2n) is 4.79. The van der Waals surface area contributed by atoms with Gasteiger partial charge in [-0.25, -0.2) is 14.3 Å². The maximum atomic E-state index is 4.62. The Bertz CT molecular complexity index is 717. The third kappa shape index (κ3) is 1.43. The Morgan fingerprint density at radius 2 is 1.89 bits per heavy atom. The molecule has 19 heavy (non-hydrogen) atoms. The Labute approximate surface area is 114 Å². The van der Waals surface area contributed by atoms with Crippen LogP contribution in [0.25, 0.3) is 0 Å². The minimum atomic E-state index is -0.292. The first-order valence-electron chi connectivity index (χ1n) is 6.12. The first-order valence-corrected chi connectivity index (χ1v) is 7.26. The van der Waals surface area contributed by atoms with Crippen LogP contribution in [0.2, 0.25) is 0 Å². The molecular formula is C13H13N5S. The lowest BCUT2D eigenvalue weighted by molar-refractivity contribution is 0.773. The van der Waals surface area contributed by atoms with Gasteiger partial charge in [0, 0.05) is 17.6 Å². The molecule has 0 aliphatic carbocycles. The van der Waals surface area contributed by atoms with Gasteiger partial charge in [0.2, 0.25) is 11.1 Å². The van der Waals surface area contributed by atoms with Crippen LogP contribution in [0.5, 0.6) is 0 Å². The molecule has 6 heteroatoms. The summed E-state index contributed by atoms with van der Waals surface area (Å²) >= 11 is 0. The highest BCUT2D eigenvalue weighted by Gasteiger charge is 2.37. The Balaban J connectivity index is 1.83. The van der Waals surface area contributed by atoms with Crippen molar-refractivity contribution in [2.45, 2.75) is 20.8 Å². The van der Waals surface area contributed by atoms with Gasteiger partial charge in [0.25, 0.3) is 0 Å². The summed E-state index contributed by atoms with van der Waals surface area (Å²) < 4.78 is 4.34. The van der Waals surface area contributed by atoms with E-state index in [0.29, 0.717) is 0 Å². The van der Waals surface area contributed by atoms with Crippen molar-refractivity contribution in [3.8, 4) is 0 Å². The van der Waals surface area contributed by atoms with Crippen LogP contribution in [0.3, 0.4) is 0 Å². The van der Waals surface area contributed by atoms with Crippen molar-refractivity contribution in [2.24, 2.45) is 15.0 Å². The Morgan fingerprint density at radius 3 is 2.74 bits per heavy atom. The summed E-state index contributed by atoms with van der Waals surface area (Å²) in [6.07, 6.45) is 8.36. The van der Waals surface area contributed by atoms with Crippen LogP contribution in [0.4, 0.5) is 0 Å². The number of hydrogen-bond donors (Lipinski definition) is 0. The van der Waals surface area contributed by atoms with Crippen molar-refractivity contribution in [2.75, 3.05) is 0 Å². The molecule has 0 saturated carbocycles. The highest BCUT2D eigenvalue weighted by molar-refractivity contribution is 8.13. The first kappa shape index (κ1) is 10.9. The summed E-state index contributed by atoms with van der Waals surface area (Å²) in [5.74, 6) is 1.73. The molecule has 1 unspecified atom stereocenters. The standard InChI is InChI=1S/C13H13N5S/c1-8-4-5-17-11(6-8)15-13-16-12-14-9(2)7-10(3)18(12)19(13)17/h4-7H,1-3H3. The summed E-state index contributed by atoms with van der Waals surface area (Å²) in [4.78, 5) is 13.7. The fourth-order valence-corrected chi connectivity index (χ4v) is 4.25. The summed E-state index contributed by atoms with van der Waals surface area (Å²) in [6.45, 7) is 6.16. The number of aliphatic imine (C=N–C) groups is 3. The zero-order valence-corrected chi connectivity index (χ0v) is 11.8. The van der Waals surface area contributed by atoms with Crippen LogP contribution in [-0.4, -0.2) is 31.2 Å². The van der Waals surface area contributed by atoms with Crippen molar-refractivity contribution in [3.05, 3.63) is 35.7 Å². The number of allylic oxidation sites excluding steroid dienone is 4. The van der Waals surface area contributed by atoms with E-state index in [-0.39, 0.29) is 10.9 Å². The van der Waals surface area contributed by atoms with E-state index in [9.17, 15) is 0 Å². The highest BCUT2D eigenvalue weighted by atomic mass is 32.2. The second kappa shape index (κ2) is 3.54. The second-order valence-corrected chi connectivity index (χ2v) is 6.44. The number of amidine groups is 1. The van der Waals surface area contributed by atoms with E-state index in [1.165, 1.54) is 11.3 Å². The zero-order chi connectivity index (χ0) is 13.1. The van der Waals surface area contributed by atoms with E-state index in [1.807, 2.05) is 6.92 Å². The van der Waals surface area contributed by atoms with Gasteiger partial charge in [-0.15, -0.1) is 0 Å². The molecule has 4 rings (SSSR count). The molecule has 0 radical (unpaired) electrons. The molecule has 0 saturated heterocycles. The van der Waals surface area contributed by atoms with E-state index in [2.05, 4.69) is 61.9 Å². The molecule has 0 amide bonds. The van der Waals surface area contributed by atoms with Gasteiger partial charge in [0.1, 0.15) is 5.84 Å². The number of fused-ring (bicyclic) bond motifs is 4. The van der Waals surface area contributed by atoms with Gasteiger partial charge < -0.3 is 0 Å². The third-order valence-electron chi connectivity index (χ3n) is 3.18. The van der Waals surface area contributed by atoms with Crippen molar-refractivity contribution in [1.29, 1.82) is 0 Å². The van der Waals surface area contributed by atoms with Crippen LogP contribution < -0.4 is 0 Å².